The summed E-state index contributed by atoms with van der Waals surface area (Å²) in [5.41, 5.74) is 0.979. The number of carbonyl (C=O) groups is 1. The Morgan fingerprint density at radius 3 is 2.73 bits per heavy atom. The quantitative estimate of drug-likeness (QED) is 0.333. The fourth-order valence-electron chi connectivity index (χ4n) is 1.00. The third-order valence-corrected chi connectivity index (χ3v) is 2.00. The fourth-order valence-corrected chi connectivity index (χ4v) is 1.11. The Balaban J connectivity index is 2.34. The predicted molar refractivity (Wildman–Crippen MR) is 61.8 cm³/mol. The van der Waals surface area contributed by atoms with Crippen molar-refractivity contribution in [2.24, 2.45) is 0 Å². The summed E-state index contributed by atoms with van der Waals surface area (Å²) in [4.78, 5) is 11.1. The number of ether oxygens (including phenoxy) is 1. The maximum absolute atomic E-state index is 11.1. The van der Waals surface area contributed by atoms with Crippen molar-refractivity contribution in [1.82, 2.24) is 0 Å². The molecule has 1 aromatic rings. The van der Waals surface area contributed by atoms with Crippen molar-refractivity contribution in [3.05, 3.63) is 42.0 Å². The maximum atomic E-state index is 11.1. The van der Waals surface area contributed by atoms with Crippen LogP contribution in [-0.2, 0) is 9.53 Å². The van der Waals surface area contributed by atoms with Gasteiger partial charge >= 0.3 is 5.97 Å². The van der Waals surface area contributed by atoms with Crippen molar-refractivity contribution >= 4 is 23.6 Å². The van der Waals surface area contributed by atoms with Crippen LogP contribution in [0, 0.1) is 0 Å². The van der Waals surface area contributed by atoms with Gasteiger partial charge in [0, 0.05) is 12.0 Å². The third kappa shape index (κ3) is 5.23. The Bertz CT molecular complexity index is 320. The Morgan fingerprint density at radius 1 is 1.33 bits per heavy atom. The maximum Gasteiger partial charge on any atom is 0.330 e. The van der Waals surface area contributed by atoms with Gasteiger partial charge in [-0.3, -0.25) is 0 Å². The molecule has 0 unspecified atom stereocenters. The average Bonchev–Trinajstić information content (AvgIpc) is 2.28. The summed E-state index contributed by atoms with van der Waals surface area (Å²) in [7, 11) is 0. The largest absolute Gasteiger partial charge is 0.462 e. The van der Waals surface area contributed by atoms with Crippen LogP contribution < -0.4 is 0 Å². The van der Waals surface area contributed by atoms with Crippen molar-refractivity contribution in [3.63, 3.8) is 0 Å². The van der Waals surface area contributed by atoms with Crippen LogP contribution in [0.15, 0.2) is 36.4 Å². The van der Waals surface area contributed by atoms with Gasteiger partial charge in [0.05, 0.1) is 6.61 Å². The highest BCUT2D eigenvalue weighted by Gasteiger charge is 1.95. The van der Waals surface area contributed by atoms with E-state index in [4.69, 9.17) is 16.3 Å². The minimum Gasteiger partial charge on any atom is -0.462 e. The number of alkyl halides is 1. The first-order valence-corrected chi connectivity index (χ1v) is 5.32. The molecule has 0 saturated carbocycles. The van der Waals surface area contributed by atoms with E-state index in [1.54, 1.807) is 6.08 Å². The SMILES string of the molecule is O=C(/C=C/c1ccccc1)OCCCCl. The molecule has 0 bridgehead atoms. The highest BCUT2D eigenvalue weighted by Crippen LogP contribution is 2.01. The number of carbonyl (C=O) groups excluding carboxylic acids is 1. The highest BCUT2D eigenvalue weighted by molar-refractivity contribution is 6.17. The van der Waals surface area contributed by atoms with Gasteiger partial charge < -0.3 is 4.74 Å². The van der Waals surface area contributed by atoms with Crippen LogP contribution in [0.3, 0.4) is 0 Å². The van der Waals surface area contributed by atoms with Crippen LogP contribution in [0.1, 0.15) is 12.0 Å². The zero-order valence-corrected chi connectivity index (χ0v) is 9.11. The van der Waals surface area contributed by atoms with E-state index in [1.165, 1.54) is 6.08 Å². The molecule has 0 aromatic heterocycles. The van der Waals surface area contributed by atoms with E-state index in [2.05, 4.69) is 0 Å². The fraction of sp³-hybridized carbons (Fsp3) is 0.250. The molecule has 0 radical (unpaired) electrons. The predicted octanol–water partition coefficient (Wildman–Crippen LogP) is 2.87. The van der Waals surface area contributed by atoms with E-state index in [1.807, 2.05) is 30.3 Å². The first-order valence-electron chi connectivity index (χ1n) is 4.79. The van der Waals surface area contributed by atoms with Crippen molar-refractivity contribution < 1.29 is 9.53 Å². The van der Waals surface area contributed by atoms with Gasteiger partial charge in [-0.05, 0) is 18.1 Å². The Kier molecular flexibility index (Phi) is 5.56. The summed E-state index contributed by atoms with van der Waals surface area (Å²) in [5.74, 6) is 0.180. The molecule has 0 spiro atoms. The molecule has 80 valence electrons. The van der Waals surface area contributed by atoms with E-state index in [9.17, 15) is 4.79 Å². The standard InChI is InChI=1S/C12H13ClO2/c13-9-4-10-15-12(14)8-7-11-5-2-1-3-6-11/h1-3,5-8H,4,9-10H2/b8-7+. The Hall–Kier alpha value is -1.28. The Labute approximate surface area is 94.5 Å². The lowest BCUT2D eigenvalue weighted by molar-refractivity contribution is -0.137. The lowest BCUT2D eigenvalue weighted by atomic mass is 10.2. The summed E-state index contributed by atoms with van der Waals surface area (Å²) in [6.45, 7) is 0.376. The van der Waals surface area contributed by atoms with E-state index in [0.29, 0.717) is 18.9 Å². The van der Waals surface area contributed by atoms with Crippen LogP contribution in [-0.4, -0.2) is 18.5 Å². The van der Waals surface area contributed by atoms with E-state index < -0.39 is 0 Å². The molecule has 0 atom stereocenters. The van der Waals surface area contributed by atoms with Crippen LogP contribution in [0.2, 0.25) is 0 Å². The van der Waals surface area contributed by atoms with Crippen LogP contribution in [0.25, 0.3) is 6.08 Å². The molecule has 0 aliphatic rings. The molecule has 2 nitrogen and oxygen atoms in total. The van der Waals surface area contributed by atoms with Crippen molar-refractivity contribution in [2.45, 2.75) is 6.42 Å². The number of esters is 1. The van der Waals surface area contributed by atoms with E-state index in [-0.39, 0.29) is 5.97 Å². The zero-order valence-electron chi connectivity index (χ0n) is 8.36. The van der Waals surface area contributed by atoms with Gasteiger partial charge in [0.15, 0.2) is 0 Å². The van der Waals surface area contributed by atoms with Crippen molar-refractivity contribution in [2.75, 3.05) is 12.5 Å². The second kappa shape index (κ2) is 7.07. The van der Waals surface area contributed by atoms with E-state index in [0.717, 1.165) is 5.56 Å². The molecule has 0 aliphatic heterocycles. The molecule has 1 aromatic carbocycles. The van der Waals surface area contributed by atoms with Gasteiger partial charge in [-0.15, -0.1) is 11.6 Å². The molecule has 3 heteroatoms. The van der Waals surface area contributed by atoms with Gasteiger partial charge in [0.1, 0.15) is 0 Å². The van der Waals surface area contributed by atoms with Crippen LogP contribution in [0.5, 0.6) is 0 Å². The topological polar surface area (TPSA) is 26.3 Å². The summed E-state index contributed by atoms with van der Waals surface area (Å²) in [6, 6.07) is 9.60. The van der Waals surface area contributed by atoms with Gasteiger partial charge in [-0.2, -0.15) is 0 Å². The zero-order chi connectivity index (χ0) is 10.9. The number of rotatable bonds is 5. The number of benzene rings is 1. The van der Waals surface area contributed by atoms with Crippen LogP contribution in [0.4, 0.5) is 0 Å². The molecule has 0 fully saturated rings. The minimum absolute atomic E-state index is 0.330. The van der Waals surface area contributed by atoms with Crippen LogP contribution >= 0.6 is 11.6 Å². The lowest BCUT2D eigenvalue weighted by Gasteiger charge is -1.98. The van der Waals surface area contributed by atoms with Gasteiger partial charge in [-0.25, -0.2) is 4.79 Å². The smallest absolute Gasteiger partial charge is 0.330 e. The van der Waals surface area contributed by atoms with Gasteiger partial charge in [0.2, 0.25) is 0 Å². The summed E-state index contributed by atoms with van der Waals surface area (Å²) >= 11 is 5.45. The average molecular weight is 225 g/mol. The normalized spacial score (nSPS) is 10.5. The monoisotopic (exact) mass is 224 g/mol. The summed E-state index contributed by atoms with van der Waals surface area (Å²) in [5, 5.41) is 0. The molecule has 0 aliphatic carbocycles. The Morgan fingerprint density at radius 2 is 2.07 bits per heavy atom. The summed E-state index contributed by atoms with van der Waals surface area (Å²) in [6.07, 6.45) is 3.83. The molecule has 0 heterocycles. The number of halogens is 1. The van der Waals surface area contributed by atoms with Crippen molar-refractivity contribution in [3.8, 4) is 0 Å². The third-order valence-electron chi connectivity index (χ3n) is 1.73. The van der Waals surface area contributed by atoms with Gasteiger partial charge in [-0.1, -0.05) is 30.3 Å². The van der Waals surface area contributed by atoms with Crippen molar-refractivity contribution in [1.29, 1.82) is 0 Å². The highest BCUT2D eigenvalue weighted by atomic mass is 35.5. The first-order chi connectivity index (χ1) is 7.33. The minimum atomic E-state index is -0.330. The van der Waals surface area contributed by atoms with E-state index >= 15 is 0 Å². The number of hydrogen-bond donors (Lipinski definition) is 0. The lowest BCUT2D eigenvalue weighted by Crippen LogP contribution is -2.02. The molecule has 0 saturated heterocycles. The summed E-state index contributed by atoms with van der Waals surface area (Å²) < 4.78 is 4.89. The van der Waals surface area contributed by atoms with Gasteiger partial charge in [0.25, 0.3) is 0 Å². The first kappa shape index (κ1) is 11.8. The second-order valence-corrected chi connectivity index (χ2v) is 3.33. The number of hydrogen-bond acceptors (Lipinski definition) is 2. The molecular weight excluding hydrogens is 212 g/mol. The molecule has 1 rings (SSSR count). The molecule has 0 amide bonds. The molecule has 0 N–H and O–H groups in total. The second-order valence-electron chi connectivity index (χ2n) is 2.95. The molecule has 15 heavy (non-hydrogen) atoms. The molecular formula is C12H13ClO2.